The maximum atomic E-state index is 11.6. The number of nitrogens with zero attached hydrogens (tertiary/aromatic N) is 1. The predicted octanol–water partition coefficient (Wildman–Crippen LogP) is 2.57. The molecular weight excluding hydrogens is 286 g/mol. The summed E-state index contributed by atoms with van der Waals surface area (Å²) < 4.78 is 23.2. The van der Waals surface area contributed by atoms with Gasteiger partial charge in [-0.3, -0.25) is 5.10 Å². The Morgan fingerprint density at radius 2 is 2.00 bits per heavy atom. The first-order valence-corrected chi connectivity index (χ1v) is 8.85. The molecular formula is C15H19N3O2S. The summed E-state index contributed by atoms with van der Waals surface area (Å²) in [6, 6.07) is 7.81. The third-order valence-electron chi connectivity index (χ3n) is 3.68. The second kappa shape index (κ2) is 5.18. The lowest BCUT2D eigenvalue weighted by Crippen LogP contribution is -2.00. The summed E-state index contributed by atoms with van der Waals surface area (Å²) in [6.45, 7) is 4.86. The molecule has 21 heavy (non-hydrogen) atoms. The average molecular weight is 305 g/mol. The van der Waals surface area contributed by atoms with Crippen LogP contribution in [-0.4, -0.2) is 18.6 Å². The lowest BCUT2D eigenvalue weighted by atomic mass is 10.1. The molecule has 1 aromatic carbocycles. The summed E-state index contributed by atoms with van der Waals surface area (Å²) in [5.74, 6) is 0.723. The van der Waals surface area contributed by atoms with Crippen molar-refractivity contribution in [3.63, 3.8) is 0 Å². The Bertz CT molecular complexity index is 763. The van der Waals surface area contributed by atoms with Gasteiger partial charge in [-0.15, -0.1) is 0 Å². The highest BCUT2D eigenvalue weighted by atomic mass is 32.2. The van der Waals surface area contributed by atoms with Gasteiger partial charge in [-0.25, -0.2) is 8.42 Å². The van der Waals surface area contributed by atoms with Gasteiger partial charge in [0.25, 0.3) is 0 Å². The third kappa shape index (κ3) is 3.10. The molecule has 2 heterocycles. The Balaban J connectivity index is 1.69. The Hall–Kier alpha value is -1.82. The van der Waals surface area contributed by atoms with Crippen molar-refractivity contribution in [1.29, 1.82) is 0 Å². The van der Waals surface area contributed by atoms with Crippen LogP contribution in [0.3, 0.4) is 0 Å². The van der Waals surface area contributed by atoms with Crippen LogP contribution in [0.25, 0.3) is 0 Å². The van der Waals surface area contributed by atoms with E-state index in [0.29, 0.717) is 12.5 Å². The highest BCUT2D eigenvalue weighted by molar-refractivity contribution is 7.90. The van der Waals surface area contributed by atoms with Gasteiger partial charge in [0.15, 0.2) is 9.84 Å². The maximum Gasteiger partial charge on any atom is 0.158 e. The zero-order chi connectivity index (χ0) is 15.0. The summed E-state index contributed by atoms with van der Waals surface area (Å²) in [6.07, 6.45) is 0. The molecule has 1 aliphatic rings. The number of nitrogens with one attached hydrogen (secondary N) is 2. The predicted molar refractivity (Wildman–Crippen MR) is 82.8 cm³/mol. The summed E-state index contributed by atoms with van der Waals surface area (Å²) in [4.78, 5) is 0. The Morgan fingerprint density at radius 1 is 1.24 bits per heavy atom. The molecule has 6 heteroatoms. The molecule has 2 aromatic rings. The highest BCUT2D eigenvalue weighted by Crippen LogP contribution is 2.27. The third-order valence-corrected chi connectivity index (χ3v) is 5.18. The minimum absolute atomic E-state index is 0.152. The van der Waals surface area contributed by atoms with Crippen molar-refractivity contribution in [2.45, 2.75) is 37.8 Å². The van der Waals surface area contributed by atoms with Gasteiger partial charge in [0.2, 0.25) is 0 Å². The van der Waals surface area contributed by atoms with E-state index in [1.165, 1.54) is 0 Å². The van der Waals surface area contributed by atoms with Gasteiger partial charge in [0.05, 0.1) is 29.4 Å². The first kappa shape index (κ1) is 14.1. The summed E-state index contributed by atoms with van der Waals surface area (Å²) in [5, 5.41) is 10.6. The Labute approximate surface area is 124 Å². The average Bonchev–Trinajstić information content (AvgIpc) is 2.98. The fourth-order valence-corrected chi connectivity index (χ4v) is 4.10. The van der Waals surface area contributed by atoms with Gasteiger partial charge < -0.3 is 5.32 Å². The van der Waals surface area contributed by atoms with Gasteiger partial charge in [-0.05, 0) is 35.2 Å². The van der Waals surface area contributed by atoms with Crippen molar-refractivity contribution in [3.8, 4) is 0 Å². The number of sulfone groups is 1. The van der Waals surface area contributed by atoms with Crippen molar-refractivity contribution in [1.82, 2.24) is 10.2 Å². The number of rotatable bonds is 4. The van der Waals surface area contributed by atoms with Crippen LogP contribution in [0.2, 0.25) is 0 Å². The van der Waals surface area contributed by atoms with Crippen LogP contribution >= 0.6 is 0 Å². The molecule has 2 N–H and O–H groups in total. The molecule has 0 radical (unpaired) electrons. The van der Waals surface area contributed by atoms with Crippen LogP contribution < -0.4 is 5.32 Å². The molecule has 1 aromatic heterocycles. The van der Waals surface area contributed by atoms with E-state index in [0.717, 1.165) is 28.2 Å². The molecule has 0 spiro atoms. The standard InChI is InChI=1S/C15H19N3O2S/c1-10(2)15-6-14(17-18-15)7-16-13-4-3-11-8-21(19,20)9-12(11)5-13/h3-6,10,16H,7-9H2,1-2H3,(H,17,18). The minimum Gasteiger partial charge on any atom is -0.379 e. The number of fused-ring (bicyclic) bond motifs is 1. The van der Waals surface area contributed by atoms with Crippen LogP contribution in [0.1, 0.15) is 42.3 Å². The van der Waals surface area contributed by atoms with Crippen LogP contribution in [0.5, 0.6) is 0 Å². The Kier molecular flexibility index (Phi) is 3.49. The molecule has 1 aliphatic heterocycles. The van der Waals surface area contributed by atoms with E-state index in [4.69, 9.17) is 0 Å². The van der Waals surface area contributed by atoms with Crippen LogP contribution in [0, 0.1) is 0 Å². The van der Waals surface area contributed by atoms with Gasteiger partial charge >= 0.3 is 0 Å². The molecule has 0 aliphatic carbocycles. The monoisotopic (exact) mass is 305 g/mol. The van der Waals surface area contributed by atoms with E-state index in [2.05, 4.69) is 35.4 Å². The number of benzene rings is 1. The van der Waals surface area contributed by atoms with Gasteiger partial charge in [-0.1, -0.05) is 19.9 Å². The van der Waals surface area contributed by atoms with Crippen molar-refractivity contribution >= 4 is 15.5 Å². The smallest absolute Gasteiger partial charge is 0.158 e. The Morgan fingerprint density at radius 3 is 2.71 bits per heavy atom. The molecule has 0 saturated heterocycles. The number of aromatic amines is 1. The lowest BCUT2D eigenvalue weighted by Gasteiger charge is -2.06. The van der Waals surface area contributed by atoms with Crippen molar-refractivity contribution < 1.29 is 8.42 Å². The zero-order valence-corrected chi connectivity index (χ0v) is 13.0. The topological polar surface area (TPSA) is 74.8 Å². The second-order valence-electron chi connectivity index (χ2n) is 5.84. The molecule has 0 saturated carbocycles. The molecule has 0 unspecified atom stereocenters. The van der Waals surface area contributed by atoms with E-state index in [1.54, 1.807) is 0 Å². The van der Waals surface area contributed by atoms with Crippen molar-refractivity contribution in [2.24, 2.45) is 0 Å². The number of hydrogen-bond donors (Lipinski definition) is 2. The quantitative estimate of drug-likeness (QED) is 0.910. The first-order chi connectivity index (χ1) is 9.93. The van der Waals surface area contributed by atoms with E-state index in [-0.39, 0.29) is 11.5 Å². The first-order valence-electron chi connectivity index (χ1n) is 7.03. The fourth-order valence-electron chi connectivity index (χ4n) is 2.50. The molecule has 112 valence electrons. The molecule has 0 amide bonds. The maximum absolute atomic E-state index is 11.6. The highest BCUT2D eigenvalue weighted by Gasteiger charge is 2.24. The number of aromatic nitrogens is 2. The molecule has 5 nitrogen and oxygen atoms in total. The summed E-state index contributed by atoms with van der Waals surface area (Å²) in [7, 11) is -2.94. The van der Waals surface area contributed by atoms with Crippen LogP contribution in [0.15, 0.2) is 24.3 Å². The van der Waals surface area contributed by atoms with E-state index < -0.39 is 9.84 Å². The normalized spacial score (nSPS) is 16.1. The minimum atomic E-state index is -2.94. The van der Waals surface area contributed by atoms with Gasteiger partial charge in [-0.2, -0.15) is 5.10 Å². The molecule has 0 atom stereocenters. The second-order valence-corrected chi connectivity index (χ2v) is 7.91. The molecule has 0 bridgehead atoms. The van der Waals surface area contributed by atoms with E-state index in [1.807, 2.05) is 18.2 Å². The van der Waals surface area contributed by atoms with Crippen LogP contribution in [-0.2, 0) is 27.9 Å². The lowest BCUT2D eigenvalue weighted by molar-refractivity contribution is 0.598. The fraction of sp³-hybridized carbons (Fsp3) is 0.400. The van der Waals surface area contributed by atoms with Crippen LogP contribution in [0.4, 0.5) is 5.69 Å². The molecule has 0 fully saturated rings. The SMILES string of the molecule is CC(C)c1cc(CNc2ccc3c(c2)CS(=O)(=O)C3)[nH]n1. The summed E-state index contributed by atoms with van der Waals surface area (Å²) >= 11 is 0. The largest absolute Gasteiger partial charge is 0.379 e. The summed E-state index contributed by atoms with van der Waals surface area (Å²) in [5.41, 5.74) is 4.84. The van der Waals surface area contributed by atoms with Crippen molar-refractivity contribution in [3.05, 3.63) is 46.8 Å². The van der Waals surface area contributed by atoms with E-state index in [9.17, 15) is 8.42 Å². The number of anilines is 1. The number of H-pyrrole nitrogens is 1. The van der Waals surface area contributed by atoms with E-state index >= 15 is 0 Å². The van der Waals surface area contributed by atoms with Gasteiger partial charge in [0, 0.05) is 5.69 Å². The number of hydrogen-bond acceptors (Lipinski definition) is 4. The zero-order valence-electron chi connectivity index (χ0n) is 12.2. The van der Waals surface area contributed by atoms with Crippen molar-refractivity contribution in [2.75, 3.05) is 5.32 Å². The van der Waals surface area contributed by atoms with Gasteiger partial charge in [0.1, 0.15) is 0 Å². The molecule has 3 rings (SSSR count).